The predicted octanol–water partition coefficient (Wildman–Crippen LogP) is 5.53. The van der Waals surface area contributed by atoms with Crippen LogP contribution in [0.25, 0.3) is 22.2 Å². The lowest BCUT2D eigenvalue weighted by atomic mass is 10.1. The van der Waals surface area contributed by atoms with Crippen LogP contribution >= 0.6 is 11.6 Å². The second kappa shape index (κ2) is 7.84. The Bertz CT molecular complexity index is 1240. The summed E-state index contributed by atoms with van der Waals surface area (Å²) in [5.41, 5.74) is 4.00. The monoisotopic (exact) mass is 424 g/mol. The van der Waals surface area contributed by atoms with E-state index in [2.05, 4.69) is 28.9 Å². The molecule has 4 aromatic rings. The first-order chi connectivity index (χ1) is 14.3. The van der Waals surface area contributed by atoms with Gasteiger partial charge in [-0.2, -0.15) is 10.1 Å². The van der Waals surface area contributed by atoms with Crippen molar-refractivity contribution in [3.05, 3.63) is 58.9 Å². The highest BCUT2D eigenvalue weighted by Crippen LogP contribution is 2.33. The highest BCUT2D eigenvalue weighted by atomic mass is 35.5. The smallest absolute Gasteiger partial charge is 0.336 e. The molecule has 0 radical (unpaired) electrons. The van der Waals surface area contributed by atoms with Crippen molar-refractivity contribution in [3.63, 3.8) is 0 Å². The van der Waals surface area contributed by atoms with Gasteiger partial charge in [0.15, 0.2) is 0 Å². The van der Waals surface area contributed by atoms with Crippen LogP contribution in [0.5, 0.6) is 11.8 Å². The van der Waals surface area contributed by atoms with Crippen LogP contribution in [0.1, 0.15) is 29.8 Å². The molecule has 0 unspecified atom stereocenters. The summed E-state index contributed by atoms with van der Waals surface area (Å²) in [5.74, 6) is -0.125. The van der Waals surface area contributed by atoms with Gasteiger partial charge in [-0.05, 0) is 42.7 Å². The van der Waals surface area contributed by atoms with Crippen molar-refractivity contribution in [2.45, 2.75) is 27.3 Å². The summed E-state index contributed by atoms with van der Waals surface area (Å²) in [7, 11) is 0. The number of benzene rings is 2. The lowest BCUT2D eigenvalue weighted by molar-refractivity contribution is 0.0695. The number of hydrogen-bond donors (Lipinski definition) is 2. The van der Waals surface area contributed by atoms with Gasteiger partial charge in [-0.3, -0.25) is 4.68 Å². The number of nitrogens with one attached hydrogen (secondary N) is 1. The largest absolute Gasteiger partial charge is 0.478 e. The molecule has 0 aliphatic heterocycles. The predicted molar refractivity (Wildman–Crippen MR) is 115 cm³/mol. The normalized spacial score (nSPS) is 11.4. The second-order valence-corrected chi connectivity index (χ2v) is 8.03. The minimum Gasteiger partial charge on any atom is -0.478 e. The number of carboxylic acid groups (broad SMARTS) is 1. The fourth-order valence-electron chi connectivity index (χ4n) is 3.26. The Morgan fingerprint density at radius 3 is 2.83 bits per heavy atom. The zero-order valence-electron chi connectivity index (χ0n) is 16.8. The van der Waals surface area contributed by atoms with Crippen molar-refractivity contribution >= 4 is 28.6 Å². The Balaban J connectivity index is 1.64. The summed E-state index contributed by atoms with van der Waals surface area (Å²) in [6, 6.07) is 8.82. The van der Waals surface area contributed by atoms with Crippen LogP contribution in [0, 0.1) is 12.8 Å². The summed E-state index contributed by atoms with van der Waals surface area (Å²) in [4.78, 5) is 18.9. The van der Waals surface area contributed by atoms with E-state index in [0.29, 0.717) is 27.8 Å². The fraction of sp³-hybridized carbons (Fsp3) is 0.227. The van der Waals surface area contributed by atoms with Gasteiger partial charge in [0.25, 0.3) is 6.01 Å². The van der Waals surface area contributed by atoms with E-state index >= 15 is 0 Å². The molecule has 2 N–H and O–H groups in total. The molecule has 0 bridgehead atoms. The van der Waals surface area contributed by atoms with E-state index in [0.717, 1.165) is 23.2 Å². The van der Waals surface area contributed by atoms with E-state index in [4.69, 9.17) is 16.3 Å². The number of carbonyl (C=O) groups is 1. The Kier molecular flexibility index (Phi) is 5.22. The summed E-state index contributed by atoms with van der Waals surface area (Å²) in [6.07, 6.45) is 3.76. The van der Waals surface area contributed by atoms with Gasteiger partial charge in [0.2, 0.25) is 0 Å². The third-order valence-electron chi connectivity index (χ3n) is 4.70. The molecule has 0 aliphatic carbocycles. The molecule has 7 nitrogen and oxygen atoms in total. The standard InChI is InChI=1S/C22H21ClN4O3/c1-12(2)10-27-11-14(9-24-27)17-7-19-20(8-18(17)23)26-22(25-19)30-15-5-4-13(3)16(6-15)21(28)29/h4-9,11-12H,10H2,1-3H3,(H,25,26)(H,28,29). The van der Waals surface area contributed by atoms with Crippen LogP contribution in [-0.4, -0.2) is 30.8 Å². The SMILES string of the molecule is Cc1ccc(Oc2nc3cc(-c4cnn(CC(C)C)c4)c(Cl)cc3[nH]2)cc1C(=O)O. The number of fused-ring (bicyclic) bond motifs is 1. The minimum atomic E-state index is -1.00. The number of imidazole rings is 1. The number of ether oxygens (including phenoxy) is 1. The Labute approximate surface area is 178 Å². The molecule has 2 aromatic heterocycles. The summed E-state index contributed by atoms with van der Waals surface area (Å²) < 4.78 is 7.65. The van der Waals surface area contributed by atoms with Crippen LogP contribution in [0.3, 0.4) is 0 Å². The molecule has 2 heterocycles. The maximum absolute atomic E-state index is 11.3. The van der Waals surface area contributed by atoms with Crippen LogP contribution in [-0.2, 0) is 6.54 Å². The number of aromatic carboxylic acids is 1. The van der Waals surface area contributed by atoms with Crippen LogP contribution < -0.4 is 4.74 Å². The number of aryl methyl sites for hydroxylation is 1. The number of halogens is 1. The van der Waals surface area contributed by atoms with Gasteiger partial charge in [-0.15, -0.1) is 0 Å². The molecule has 4 rings (SSSR count). The highest BCUT2D eigenvalue weighted by molar-refractivity contribution is 6.34. The third-order valence-corrected chi connectivity index (χ3v) is 5.01. The first-order valence-electron chi connectivity index (χ1n) is 9.54. The topological polar surface area (TPSA) is 93.0 Å². The van der Waals surface area contributed by atoms with Gasteiger partial charge in [-0.1, -0.05) is 31.5 Å². The van der Waals surface area contributed by atoms with Crippen molar-refractivity contribution in [1.29, 1.82) is 0 Å². The van der Waals surface area contributed by atoms with Crippen LogP contribution in [0.2, 0.25) is 5.02 Å². The number of aromatic amines is 1. The average molecular weight is 425 g/mol. The zero-order valence-corrected chi connectivity index (χ0v) is 17.6. The second-order valence-electron chi connectivity index (χ2n) is 7.62. The molecule has 0 fully saturated rings. The molecular weight excluding hydrogens is 404 g/mol. The van der Waals surface area contributed by atoms with Gasteiger partial charge < -0.3 is 14.8 Å². The molecule has 0 atom stereocenters. The van der Waals surface area contributed by atoms with E-state index in [1.807, 2.05) is 16.9 Å². The van der Waals surface area contributed by atoms with E-state index in [9.17, 15) is 9.90 Å². The number of H-pyrrole nitrogens is 1. The van der Waals surface area contributed by atoms with Crippen LogP contribution in [0.15, 0.2) is 42.7 Å². The molecule has 2 aromatic carbocycles. The average Bonchev–Trinajstić information content (AvgIpc) is 3.27. The third kappa shape index (κ3) is 4.02. The van der Waals surface area contributed by atoms with E-state index in [-0.39, 0.29) is 11.6 Å². The summed E-state index contributed by atoms with van der Waals surface area (Å²) >= 11 is 6.50. The van der Waals surface area contributed by atoms with Gasteiger partial charge >= 0.3 is 5.97 Å². The molecule has 8 heteroatoms. The fourth-order valence-corrected chi connectivity index (χ4v) is 3.53. The first-order valence-corrected chi connectivity index (χ1v) is 9.92. The van der Waals surface area contributed by atoms with Gasteiger partial charge in [0, 0.05) is 23.9 Å². The highest BCUT2D eigenvalue weighted by Gasteiger charge is 2.14. The maximum Gasteiger partial charge on any atom is 0.336 e. The van der Waals surface area contributed by atoms with E-state index < -0.39 is 5.97 Å². The minimum absolute atomic E-state index is 0.187. The molecule has 0 amide bonds. The lowest BCUT2D eigenvalue weighted by Crippen LogP contribution is -2.03. The lowest BCUT2D eigenvalue weighted by Gasteiger charge is -2.05. The first kappa shape index (κ1) is 20.0. The van der Waals surface area contributed by atoms with Gasteiger partial charge in [-0.25, -0.2) is 4.79 Å². The number of rotatable bonds is 6. The number of aromatic nitrogens is 4. The molecule has 154 valence electrons. The molecule has 0 saturated heterocycles. The van der Waals surface area contributed by atoms with E-state index in [1.54, 1.807) is 31.3 Å². The molecule has 0 saturated carbocycles. The quantitative estimate of drug-likeness (QED) is 0.424. The number of carboxylic acids is 1. The van der Waals surface area contributed by atoms with Crippen molar-refractivity contribution in [3.8, 4) is 22.9 Å². The number of nitrogens with zero attached hydrogens (tertiary/aromatic N) is 3. The number of hydrogen-bond acceptors (Lipinski definition) is 4. The molecule has 0 spiro atoms. The molecule has 30 heavy (non-hydrogen) atoms. The summed E-state index contributed by atoms with van der Waals surface area (Å²) in [5, 5.41) is 14.3. The zero-order chi connectivity index (χ0) is 21.4. The van der Waals surface area contributed by atoms with Crippen molar-refractivity contribution < 1.29 is 14.6 Å². The molecule has 0 aliphatic rings. The van der Waals surface area contributed by atoms with Gasteiger partial charge in [0.1, 0.15) is 5.75 Å². The Hall–Kier alpha value is -3.32. The maximum atomic E-state index is 11.3. The Morgan fingerprint density at radius 2 is 2.10 bits per heavy atom. The molecular formula is C22H21ClN4O3. The van der Waals surface area contributed by atoms with Crippen molar-refractivity contribution in [2.24, 2.45) is 5.92 Å². The van der Waals surface area contributed by atoms with Crippen molar-refractivity contribution in [2.75, 3.05) is 0 Å². The van der Waals surface area contributed by atoms with Crippen molar-refractivity contribution in [1.82, 2.24) is 19.7 Å². The van der Waals surface area contributed by atoms with E-state index in [1.165, 1.54) is 6.07 Å². The summed E-state index contributed by atoms with van der Waals surface area (Å²) in [6.45, 7) is 6.84. The van der Waals surface area contributed by atoms with Crippen LogP contribution in [0.4, 0.5) is 0 Å². The Morgan fingerprint density at radius 1 is 1.30 bits per heavy atom. The van der Waals surface area contributed by atoms with Gasteiger partial charge in [0.05, 0.1) is 27.8 Å².